The highest BCUT2D eigenvalue weighted by Crippen LogP contribution is 2.26. The first-order chi connectivity index (χ1) is 39.0. The van der Waals surface area contributed by atoms with Crippen molar-refractivity contribution < 1.29 is 58.5 Å². The van der Waals surface area contributed by atoms with Gasteiger partial charge in [-0.1, -0.05) is 81.7 Å². The Morgan fingerprint density at radius 3 is 1.83 bits per heavy atom. The van der Waals surface area contributed by atoms with Gasteiger partial charge < -0.3 is 74.2 Å². The second kappa shape index (κ2) is 31.7. The van der Waals surface area contributed by atoms with Gasteiger partial charge in [-0.2, -0.15) is 0 Å². The Hall–Kier alpha value is -7.42. The van der Waals surface area contributed by atoms with Gasteiger partial charge in [0.1, 0.15) is 53.8 Å². The molecule has 1 saturated heterocycles. The number of amides is 9. The Balaban J connectivity index is 1.63. The number of carbonyl (C=O) groups is 9. The van der Waals surface area contributed by atoms with Crippen molar-refractivity contribution in [3.63, 3.8) is 0 Å². The summed E-state index contributed by atoms with van der Waals surface area (Å²) in [5.41, 5.74) is 19.5. The number of phenolic OH excluding ortho intramolecular Hbond substituents is 2. The molecule has 0 saturated carbocycles. The molecule has 2 unspecified atom stereocenters. The Labute approximate surface area is 488 Å². The molecule has 1 heterocycles. The van der Waals surface area contributed by atoms with Crippen molar-refractivity contribution in [2.75, 3.05) is 39.2 Å². The summed E-state index contributed by atoms with van der Waals surface area (Å²) in [6.45, 7) is 1.44. The largest absolute Gasteiger partial charge is 0.508 e. The van der Waals surface area contributed by atoms with Crippen LogP contribution < -0.4 is 49.1 Å². The molecular formula is C56H72ClN11O12S2. The van der Waals surface area contributed by atoms with Crippen molar-refractivity contribution in [2.45, 2.75) is 106 Å². The van der Waals surface area contributed by atoms with Crippen molar-refractivity contribution in [3.05, 3.63) is 130 Å². The predicted octanol–water partition coefficient (Wildman–Crippen LogP) is 0.177. The van der Waals surface area contributed by atoms with E-state index in [9.17, 15) is 48.9 Å². The third-order valence-electron chi connectivity index (χ3n) is 13.7. The summed E-state index contributed by atoms with van der Waals surface area (Å²) in [4.78, 5) is 130. The van der Waals surface area contributed by atoms with E-state index < -0.39 is 108 Å². The van der Waals surface area contributed by atoms with Crippen molar-refractivity contribution in [1.29, 1.82) is 0 Å². The van der Waals surface area contributed by atoms with Crippen LogP contribution in [0.3, 0.4) is 0 Å². The molecule has 0 spiro atoms. The standard InChI is InChI=1S/C56H72ClN11O12S2/c1-31(69)47-54(78)65-44(55(79)67(3)45(49(60)73)27-34-12-20-38(70)21-13-34)30-82-81-29-43(64-51(75)41(61-2)25-33-10-18-37(57)19-11-33)56(80)68(4)46(28-35-14-22-39(71)23-15-35)53(77)63-42(26-32-8-16-36(17-9-32)48(59)72)52(76)62-40(50(74)66-47)7-5-6-24-58/h8-23,31,40-47,61,69-71H,5-7,24-30,58H2,1-4H3,(H2,59,72)(H2,60,73)(H,62,76)(H,63,77)(H,64,75)(H,65,78)(H,66,74)/t31?,40-,41-,42+,43+,44-,45+,46-,47?/m0/s1. The van der Waals surface area contributed by atoms with Crippen LogP contribution in [0.15, 0.2) is 97.1 Å². The van der Waals surface area contributed by atoms with Gasteiger partial charge in [0.05, 0.1) is 12.1 Å². The molecule has 5 rings (SSSR count). The lowest BCUT2D eigenvalue weighted by atomic mass is 9.99. The van der Waals surface area contributed by atoms with E-state index in [1.165, 1.54) is 81.7 Å². The summed E-state index contributed by atoms with van der Waals surface area (Å²) in [7, 11) is 6.22. The topological polar surface area (TPSA) is 371 Å². The first-order valence-electron chi connectivity index (χ1n) is 26.3. The molecule has 1 aliphatic rings. The smallest absolute Gasteiger partial charge is 0.248 e. The van der Waals surface area contributed by atoms with E-state index in [2.05, 4.69) is 31.9 Å². The molecule has 4 aromatic rings. The maximum absolute atomic E-state index is 15.2. The highest BCUT2D eigenvalue weighted by molar-refractivity contribution is 8.76. The van der Waals surface area contributed by atoms with E-state index in [-0.39, 0.29) is 73.6 Å². The maximum Gasteiger partial charge on any atom is 0.248 e. The average molecular weight is 1190 g/mol. The van der Waals surface area contributed by atoms with E-state index >= 15 is 9.59 Å². The number of likely N-dealkylation sites (N-methyl/N-ethyl adjacent to an activating group) is 3. The lowest BCUT2D eigenvalue weighted by molar-refractivity contribution is -0.142. The van der Waals surface area contributed by atoms with Crippen LogP contribution in [0.4, 0.5) is 0 Å². The maximum atomic E-state index is 15.2. The van der Waals surface area contributed by atoms with Crippen LogP contribution in [-0.2, 0) is 64.0 Å². The number of hydrogen-bond acceptors (Lipinski definition) is 16. The molecule has 1 aliphatic heterocycles. The fourth-order valence-corrected chi connectivity index (χ4v) is 11.3. The number of hydrogen-bond donors (Lipinski definition) is 12. The van der Waals surface area contributed by atoms with Crippen molar-refractivity contribution >= 4 is 86.4 Å². The van der Waals surface area contributed by atoms with Crippen molar-refractivity contribution in [2.24, 2.45) is 17.2 Å². The minimum atomic E-state index is -1.75. The third-order valence-corrected chi connectivity index (χ3v) is 16.4. The molecular weight excluding hydrogens is 1120 g/mol. The van der Waals surface area contributed by atoms with Crippen LogP contribution in [0.1, 0.15) is 58.8 Å². The number of halogens is 1. The number of aromatic hydroxyl groups is 2. The number of nitrogens with two attached hydrogens (primary N) is 3. The second-order valence-corrected chi connectivity index (χ2v) is 22.8. The highest BCUT2D eigenvalue weighted by atomic mass is 35.5. The number of rotatable bonds is 20. The van der Waals surface area contributed by atoms with Gasteiger partial charge in [-0.25, -0.2) is 0 Å². The van der Waals surface area contributed by atoms with Crippen LogP contribution in [0.2, 0.25) is 5.02 Å². The van der Waals surface area contributed by atoms with Gasteiger partial charge in [0.2, 0.25) is 53.2 Å². The molecule has 0 aliphatic carbocycles. The fraction of sp³-hybridized carbons (Fsp3) is 0.411. The number of unbranched alkanes of at least 4 members (excludes halogenated alkanes) is 1. The molecule has 4 aromatic carbocycles. The van der Waals surface area contributed by atoms with Gasteiger partial charge in [0, 0.05) is 55.4 Å². The van der Waals surface area contributed by atoms with Crippen LogP contribution >= 0.6 is 33.2 Å². The molecule has 9 atom stereocenters. The zero-order chi connectivity index (χ0) is 60.2. The second-order valence-electron chi connectivity index (χ2n) is 19.8. The van der Waals surface area contributed by atoms with Gasteiger partial charge >= 0.3 is 0 Å². The van der Waals surface area contributed by atoms with E-state index in [0.717, 1.165) is 37.0 Å². The first-order valence-corrected chi connectivity index (χ1v) is 29.2. The average Bonchev–Trinajstić information content (AvgIpc) is 3.48. The normalized spacial score (nSPS) is 20.9. The number of nitrogens with one attached hydrogen (secondary N) is 6. The molecule has 442 valence electrons. The van der Waals surface area contributed by atoms with Gasteiger partial charge in [0.25, 0.3) is 0 Å². The van der Waals surface area contributed by atoms with E-state index in [1.807, 2.05) is 0 Å². The number of nitrogens with zero attached hydrogens (tertiary/aromatic N) is 2. The van der Waals surface area contributed by atoms with Gasteiger partial charge in [-0.15, -0.1) is 0 Å². The van der Waals surface area contributed by atoms with Crippen molar-refractivity contribution in [1.82, 2.24) is 41.7 Å². The molecule has 0 radical (unpaired) electrons. The lowest BCUT2D eigenvalue weighted by Gasteiger charge is -2.33. The van der Waals surface area contributed by atoms with Gasteiger partial charge in [-0.3, -0.25) is 43.2 Å². The lowest BCUT2D eigenvalue weighted by Crippen LogP contribution is -2.62. The Morgan fingerprint density at radius 2 is 1.26 bits per heavy atom. The van der Waals surface area contributed by atoms with Crippen LogP contribution in [-0.4, -0.2) is 172 Å². The zero-order valence-electron chi connectivity index (χ0n) is 45.8. The number of aliphatic hydroxyl groups excluding tert-OH is 1. The molecule has 0 bridgehead atoms. The quantitative estimate of drug-likeness (QED) is 0.0415. The third kappa shape index (κ3) is 19.4. The Morgan fingerprint density at radius 1 is 0.720 bits per heavy atom. The molecule has 82 heavy (non-hydrogen) atoms. The monoisotopic (exact) mass is 1190 g/mol. The number of benzene rings is 4. The summed E-state index contributed by atoms with van der Waals surface area (Å²) in [5, 5.41) is 48.1. The number of carbonyl (C=O) groups excluding carboxylic acids is 9. The molecule has 9 amide bonds. The van der Waals surface area contributed by atoms with Crippen LogP contribution in [0.5, 0.6) is 11.5 Å². The van der Waals surface area contributed by atoms with E-state index in [4.69, 9.17) is 28.8 Å². The summed E-state index contributed by atoms with van der Waals surface area (Å²) in [6, 6.07) is 13.2. The van der Waals surface area contributed by atoms with Crippen LogP contribution in [0, 0.1) is 0 Å². The Kier molecular flexibility index (Phi) is 25.3. The molecule has 23 nitrogen and oxygen atoms in total. The molecule has 26 heteroatoms. The first kappa shape index (κ1) is 65.4. The number of aliphatic hydroxyl groups is 1. The highest BCUT2D eigenvalue weighted by Gasteiger charge is 2.39. The summed E-state index contributed by atoms with van der Waals surface area (Å²) in [5.74, 6) is -8.16. The van der Waals surface area contributed by atoms with Crippen LogP contribution in [0.25, 0.3) is 0 Å². The SMILES string of the molecule is CN[C@@H](Cc1ccc(Cl)cc1)C(=O)N[C@@H]1CSSC[C@@H](C(=O)N(C)[C@H](Cc2ccc(O)cc2)C(N)=O)NC(=O)C(C(C)O)NC(=O)[C@H](CCCCN)NC(=O)[C@@H](Cc2ccc(C(N)=O)cc2)NC(=O)[C@H](Cc2ccc(O)cc2)N(C)C1=O. The van der Waals surface area contributed by atoms with Gasteiger partial charge in [0.15, 0.2) is 0 Å². The summed E-state index contributed by atoms with van der Waals surface area (Å²) < 4.78 is 0. The molecule has 0 aromatic heterocycles. The number of phenols is 2. The Bertz CT molecular complexity index is 2850. The fourth-order valence-electron chi connectivity index (χ4n) is 8.85. The van der Waals surface area contributed by atoms with E-state index in [1.54, 1.807) is 43.4 Å². The molecule has 15 N–H and O–H groups in total. The molecule has 1 fully saturated rings. The van der Waals surface area contributed by atoms with Crippen molar-refractivity contribution in [3.8, 4) is 11.5 Å². The minimum absolute atomic E-state index is 0.0441. The zero-order valence-corrected chi connectivity index (χ0v) is 48.2. The minimum Gasteiger partial charge on any atom is -0.508 e. The predicted molar refractivity (Wildman–Crippen MR) is 312 cm³/mol. The summed E-state index contributed by atoms with van der Waals surface area (Å²) >= 11 is 6.14. The summed E-state index contributed by atoms with van der Waals surface area (Å²) in [6.07, 6.45) is -1.33. The van der Waals surface area contributed by atoms with Gasteiger partial charge in [-0.05, 0) is 117 Å². The number of primary amides is 2. The van der Waals surface area contributed by atoms with E-state index in [0.29, 0.717) is 28.1 Å².